The van der Waals surface area contributed by atoms with Gasteiger partial charge < -0.3 is 29.3 Å². The third-order valence-corrected chi connectivity index (χ3v) is 6.49. The Morgan fingerprint density at radius 3 is 2.40 bits per heavy atom. The largest absolute Gasteiger partial charge is 0.507 e. The second-order valence-electron chi connectivity index (χ2n) is 8.56. The van der Waals surface area contributed by atoms with Gasteiger partial charge in [-0.3, -0.25) is 14.5 Å². The summed E-state index contributed by atoms with van der Waals surface area (Å²) in [5.74, 6) is -0.904. The molecule has 0 radical (unpaired) electrons. The summed E-state index contributed by atoms with van der Waals surface area (Å²) < 4.78 is 16.0. The molecule has 186 valence electrons. The molecule has 2 N–H and O–H groups in total. The van der Waals surface area contributed by atoms with Crippen LogP contribution in [0.1, 0.15) is 22.7 Å². The lowest BCUT2D eigenvalue weighted by molar-refractivity contribution is -0.140. The average molecular weight is 483 g/mol. The lowest BCUT2D eigenvalue weighted by atomic mass is 9.94. The number of morpholine rings is 1. The average Bonchev–Trinajstić information content (AvgIpc) is 3.12. The summed E-state index contributed by atoms with van der Waals surface area (Å²) in [5, 5.41) is 21.4. The molecule has 1 amide bonds. The van der Waals surface area contributed by atoms with E-state index in [-0.39, 0.29) is 29.4 Å². The fourth-order valence-electron chi connectivity index (χ4n) is 4.58. The molecule has 0 aromatic heterocycles. The predicted octanol–water partition coefficient (Wildman–Crippen LogP) is 2.47. The van der Waals surface area contributed by atoms with E-state index in [1.807, 2.05) is 6.92 Å². The molecule has 0 bridgehead atoms. The number of ketones is 1. The number of phenolic OH excluding ortho intramolecular Hbond substituents is 1. The van der Waals surface area contributed by atoms with Crippen molar-refractivity contribution in [2.75, 3.05) is 53.6 Å². The fraction of sp³-hybridized carbons (Fsp3) is 0.385. The topological polar surface area (TPSA) is 109 Å². The van der Waals surface area contributed by atoms with Crippen molar-refractivity contribution < 1.29 is 34.0 Å². The lowest BCUT2D eigenvalue weighted by Crippen LogP contribution is -2.42. The third kappa shape index (κ3) is 4.82. The molecule has 9 heteroatoms. The van der Waals surface area contributed by atoms with Gasteiger partial charge in [0.2, 0.25) is 0 Å². The van der Waals surface area contributed by atoms with Crippen LogP contribution in [-0.2, 0) is 14.3 Å². The zero-order valence-electron chi connectivity index (χ0n) is 20.1. The number of Topliss-reactive ketones (excluding diaryl/α,β-unsaturated/α-hetero) is 1. The fourth-order valence-corrected chi connectivity index (χ4v) is 4.58. The summed E-state index contributed by atoms with van der Waals surface area (Å²) in [4.78, 5) is 30.1. The number of aromatic hydroxyl groups is 1. The highest BCUT2D eigenvalue weighted by molar-refractivity contribution is 6.46. The molecule has 0 unspecified atom stereocenters. The molecule has 9 nitrogen and oxygen atoms in total. The Morgan fingerprint density at radius 1 is 1.03 bits per heavy atom. The van der Waals surface area contributed by atoms with E-state index < -0.39 is 17.7 Å². The first-order chi connectivity index (χ1) is 16.8. The van der Waals surface area contributed by atoms with Gasteiger partial charge in [-0.15, -0.1) is 0 Å². The third-order valence-electron chi connectivity index (χ3n) is 6.49. The van der Waals surface area contributed by atoms with Gasteiger partial charge in [0.1, 0.15) is 11.5 Å². The molecule has 2 fully saturated rings. The summed E-state index contributed by atoms with van der Waals surface area (Å²) in [5.41, 5.74) is 1.73. The van der Waals surface area contributed by atoms with Crippen molar-refractivity contribution in [1.82, 2.24) is 9.80 Å². The van der Waals surface area contributed by atoms with Gasteiger partial charge in [0.25, 0.3) is 11.7 Å². The SMILES string of the molecule is COc1ccc(C(O)=C2C(=O)C(=O)N(CCN3CCOCC3)[C@@H]2c2ccc(O)c(OC)c2)cc1C. The van der Waals surface area contributed by atoms with E-state index in [2.05, 4.69) is 4.90 Å². The molecule has 2 aromatic carbocycles. The quantitative estimate of drug-likeness (QED) is 0.352. The standard InChI is InChI=1S/C26H30N2O7/c1-16-14-18(5-7-20(16)33-2)24(30)22-23(17-4-6-19(29)21(15-17)34-3)28(26(32)25(22)31)9-8-27-10-12-35-13-11-27/h4-7,14-15,23,29-30H,8-13H2,1-3H3/t23-/m1/s1. The van der Waals surface area contributed by atoms with Gasteiger partial charge >= 0.3 is 0 Å². The van der Waals surface area contributed by atoms with Crippen molar-refractivity contribution in [2.45, 2.75) is 13.0 Å². The number of amides is 1. The van der Waals surface area contributed by atoms with Crippen LogP contribution >= 0.6 is 0 Å². The van der Waals surface area contributed by atoms with Crippen LogP contribution in [0.4, 0.5) is 0 Å². The molecule has 2 aromatic rings. The maximum Gasteiger partial charge on any atom is 0.295 e. The first kappa shape index (κ1) is 24.6. The molecular formula is C26H30N2O7. The van der Waals surface area contributed by atoms with Crippen molar-refractivity contribution in [3.05, 3.63) is 58.7 Å². The number of rotatable bonds is 7. The number of benzene rings is 2. The molecule has 0 saturated carbocycles. The van der Waals surface area contributed by atoms with E-state index in [4.69, 9.17) is 14.2 Å². The zero-order chi connectivity index (χ0) is 25.1. The van der Waals surface area contributed by atoms with Gasteiger partial charge in [-0.1, -0.05) is 6.07 Å². The number of carbonyl (C=O) groups excluding carboxylic acids is 2. The van der Waals surface area contributed by atoms with Crippen molar-refractivity contribution in [2.24, 2.45) is 0 Å². The first-order valence-electron chi connectivity index (χ1n) is 11.5. The number of likely N-dealkylation sites (tertiary alicyclic amines) is 1. The Kier molecular flexibility index (Phi) is 7.28. The van der Waals surface area contributed by atoms with Crippen LogP contribution in [0.25, 0.3) is 5.76 Å². The molecular weight excluding hydrogens is 452 g/mol. The van der Waals surface area contributed by atoms with Crippen LogP contribution in [0.5, 0.6) is 17.2 Å². The number of hydrogen-bond acceptors (Lipinski definition) is 8. The van der Waals surface area contributed by atoms with Crippen molar-refractivity contribution in [3.8, 4) is 17.2 Å². The van der Waals surface area contributed by atoms with Crippen LogP contribution in [-0.4, -0.2) is 85.3 Å². The minimum absolute atomic E-state index is 0.00529. The molecule has 4 rings (SSSR count). The minimum Gasteiger partial charge on any atom is -0.507 e. The number of aryl methyl sites for hydroxylation is 1. The number of carbonyl (C=O) groups is 2. The van der Waals surface area contributed by atoms with Gasteiger partial charge in [-0.2, -0.15) is 0 Å². The number of phenols is 1. The number of aliphatic hydroxyl groups excluding tert-OH is 1. The monoisotopic (exact) mass is 482 g/mol. The first-order valence-corrected chi connectivity index (χ1v) is 11.5. The van der Waals surface area contributed by atoms with Crippen LogP contribution in [0.15, 0.2) is 42.0 Å². The Labute approximate surface area is 204 Å². The van der Waals surface area contributed by atoms with Gasteiger partial charge in [-0.25, -0.2) is 0 Å². The van der Waals surface area contributed by atoms with E-state index in [0.717, 1.165) is 18.7 Å². The van der Waals surface area contributed by atoms with Crippen molar-refractivity contribution in [1.29, 1.82) is 0 Å². The summed E-state index contributed by atoms with van der Waals surface area (Å²) in [7, 11) is 2.98. The highest BCUT2D eigenvalue weighted by Gasteiger charge is 2.46. The maximum absolute atomic E-state index is 13.2. The molecule has 2 aliphatic rings. The number of methoxy groups -OCH3 is 2. The summed E-state index contributed by atoms with van der Waals surface area (Å²) in [6, 6.07) is 8.89. The normalized spacial score (nSPS) is 20.3. The molecule has 0 spiro atoms. The number of ether oxygens (including phenoxy) is 3. The van der Waals surface area contributed by atoms with E-state index in [9.17, 15) is 19.8 Å². The lowest BCUT2D eigenvalue weighted by Gasteiger charge is -2.31. The Bertz CT molecular complexity index is 1150. The summed E-state index contributed by atoms with van der Waals surface area (Å²) in [6.07, 6.45) is 0. The zero-order valence-corrected chi connectivity index (χ0v) is 20.1. The molecule has 35 heavy (non-hydrogen) atoms. The van der Waals surface area contributed by atoms with E-state index in [1.165, 1.54) is 18.1 Å². The number of nitrogens with zero attached hydrogens (tertiary/aromatic N) is 2. The van der Waals surface area contributed by atoms with E-state index in [0.29, 0.717) is 36.6 Å². The minimum atomic E-state index is -0.840. The molecule has 2 saturated heterocycles. The van der Waals surface area contributed by atoms with Gasteiger partial charge in [0.15, 0.2) is 11.5 Å². The predicted molar refractivity (Wildman–Crippen MR) is 129 cm³/mol. The summed E-state index contributed by atoms with van der Waals surface area (Å²) in [6.45, 7) is 5.40. The van der Waals surface area contributed by atoms with Gasteiger partial charge in [-0.05, 0) is 48.4 Å². The van der Waals surface area contributed by atoms with Crippen LogP contribution in [0.2, 0.25) is 0 Å². The van der Waals surface area contributed by atoms with Gasteiger partial charge in [0, 0.05) is 31.7 Å². The van der Waals surface area contributed by atoms with E-state index in [1.54, 1.807) is 37.4 Å². The molecule has 1 atom stereocenters. The Hall–Kier alpha value is -3.56. The maximum atomic E-state index is 13.2. The van der Waals surface area contributed by atoms with E-state index >= 15 is 0 Å². The highest BCUT2D eigenvalue weighted by atomic mass is 16.5. The number of hydrogen-bond donors (Lipinski definition) is 2. The second-order valence-corrected chi connectivity index (χ2v) is 8.56. The van der Waals surface area contributed by atoms with Crippen LogP contribution in [0.3, 0.4) is 0 Å². The van der Waals surface area contributed by atoms with Crippen LogP contribution < -0.4 is 9.47 Å². The Balaban J connectivity index is 1.78. The molecule has 2 aliphatic heterocycles. The van der Waals surface area contributed by atoms with Crippen LogP contribution in [0, 0.1) is 6.92 Å². The molecule has 2 heterocycles. The van der Waals surface area contributed by atoms with Crippen molar-refractivity contribution in [3.63, 3.8) is 0 Å². The van der Waals surface area contributed by atoms with Gasteiger partial charge in [0.05, 0.1) is 39.0 Å². The molecule has 0 aliphatic carbocycles. The second kappa shape index (κ2) is 10.4. The summed E-state index contributed by atoms with van der Waals surface area (Å²) >= 11 is 0. The number of aliphatic hydroxyl groups is 1. The van der Waals surface area contributed by atoms with Crippen molar-refractivity contribution >= 4 is 17.4 Å². The smallest absolute Gasteiger partial charge is 0.295 e. The Morgan fingerprint density at radius 2 is 1.74 bits per heavy atom. The highest BCUT2D eigenvalue weighted by Crippen LogP contribution is 2.42.